The number of rotatable bonds is 7. The van der Waals surface area contributed by atoms with Crippen LogP contribution < -0.4 is 0 Å². The van der Waals surface area contributed by atoms with E-state index in [-0.39, 0.29) is 6.42 Å². The second-order valence-corrected chi connectivity index (χ2v) is 8.49. The Hall–Kier alpha value is -3.44. The Bertz CT molecular complexity index is 1170. The molecule has 0 saturated carbocycles. The van der Waals surface area contributed by atoms with Gasteiger partial charge in [0.05, 0.1) is 12.0 Å². The summed E-state index contributed by atoms with van der Waals surface area (Å²) in [6.45, 7) is 3.25. The number of likely N-dealkylation sites (N-methyl/N-ethyl adjacent to an activating group) is 1. The van der Waals surface area contributed by atoms with Crippen LogP contribution in [0.5, 0.6) is 0 Å². The van der Waals surface area contributed by atoms with Crippen molar-refractivity contribution in [2.75, 3.05) is 7.05 Å². The monoisotopic (exact) mass is 429 g/mol. The Morgan fingerprint density at radius 2 is 1.50 bits per heavy atom. The first-order valence-electron chi connectivity index (χ1n) is 10.8. The number of aliphatic carboxylic acids is 2. The molecule has 5 heteroatoms. The van der Waals surface area contributed by atoms with E-state index in [1.54, 1.807) is 18.9 Å². The largest absolute Gasteiger partial charge is 0.481 e. The van der Waals surface area contributed by atoms with Crippen LogP contribution >= 0.6 is 0 Å². The third-order valence-electron chi connectivity index (χ3n) is 6.95. The number of hydrogen-bond donors (Lipinski definition) is 2. The average molecular weight is 430 g/mol. The molecule has 164 valence electrons. The Labute approximate surface area is 187 Å². The highest BCUT2D eigenvalue weighted by atomic mass is 16.4. The van der Waals surface area contributed by atoms with Crippen LogP contribution in [-0.2, 0) is 9.59 Å². The predicted molar refractivity (Wildman–Crippen MR) is 124 cm³/mol. The lowest BCUT2D eigenvalue weighted by Crippen LogP contribution is -2.58. The van der Waals surface area contributed by atoms with Gasteiger partial charge in [-0.2, -0.15) is 0 Å². The number of hydrogen-bond acceptors (Lipinski definition) is 3. The van der Waals surface area contributed by atoms with Crippen molar-refractivity contribution in [2.24, 2.45) is 5.92 Å². The second-order valence-electron chi connectivity index (χ2n) is 8.49. The Balaban J connectivity index is 1.98. The lowest BCUT2D eigenvalue weighted by molar-refractivity contribution is -0.165. The first kappa shape index (κ1) is 21.8. The number of fused-ring (bicyclic) bond motifs is 3. The van der Waals surface area contributed by atoms with Gasteiger partial charge in [-0.1, -0.05) is 79.7 Å². The molecule has 0 aromatic heterocycles. The standard InChI is InChI=1S/C27H27NO4/c1-4-22(25(29)30)27(2,26(31)32)28(3)24-21-14-9-8-13-19(21)20-16-10-15-18(23(20)24)17-11-6-5-7-12-17/h5-16,22,24H,4H2,1-3H3,(H,29,30)(H,31,32)/t22-,24?,27+/m1/s1. The Morgan fingerprint density at radius 3 is 2.12 bits per heavy atom. The van der Waals surface area contributed by atoms with E-state index >= 15 is 0 Å². The topological polar surface area (TPSA) is 77.8 Å². The summed E-state index contributed by atoms with van der Waals surface area (Å²) in [5.41, 5.74) is 4.55. The van der Waals surface area contributed by atoms with Crippen molar-refractivity contribution < 1.29 is 19.8 Å². The molecule has 4 rings (SSSR count). The lowest BCUT2D eigenvalue weighted by Gasteiger charge is -2.43. The van der Waals surface area contributed by atoms with Gasteiger partial charge < -0.3 is 10.2 Å². The summed E-state index contributed by atoms with van der Waals surface area (Å²) in [6, 6.07) is 23.7. The van der Waals surface area contributed by atoms with Crippen molar-refractivity contribution in [3.05, 3.63) is 83.9 Å². The number of benzene rings is 3. The summed E-state index contributed by atoms with van der Waals surface area (Å²) in [5.74, 6) is -3.31. The van der Waals surface area contributed by atoms with Crippen molar-refractivity contribution >= 4 is 11.9 Å². The van der Waals surface area contributed by atoms with E-state index in [4.69, 9.17) is 0 Å². The van der Waals surface area contributed by atoms with Gasteiger partial charge in [0.2, 0.25) is 0 Å². The van der Waals surface area contributed by atoms with Gasteiger partial charge in [-0.05, 0) is 53.8 Å². The van der Waals surface area contributed by atoms with E-state index in [0.717, 1.165) is 33.4 Å². The quantitative estimate of drug-likeness (QED) is 0.532. The molecule has 0 saturated heterocycles. The van der Waals surface area contributed by atoms with Crippen LogP contribution in [-0.4, -0.2) is 39.6 Å². The fourth-order valence-electron chi connectivity index (χ4n) is 5.13. The van der Waals surface area contributed by atoms with Crippen molar-refractivity contribution in [2.45, 2.75) is 31.8 Å². The summed E-state index contributed by atoms with van der Waals surface area (Å²) >= 11 is 0. The summed E-state index contributed by atoms with van der Waals surface area (Å²) in [4.78, 5) is 26.4. The SMILES string of the molecule is CC[C@H](C(=O)O)[C@@](C)(C(=O)O)N(C)C1c2ccccc2-c2cccc(-c3ccccc3)c21. The van der Waals surface area contributed by atoms with E-state index in [1.807, 2.05) is 66.7 Å². The molecule has 0 bridgehead atoms. The van der Waals surface area contributed by atoms with Crippen LogP contribution in [0.4, 0.5) is 0 Å². The van der Waals surface area contributed by atoms with Crippen LogP contribution in [0, 0.1) is 5.92 Å². The maximum Gasteiger partial charge on any atom is 0.324 e. The Morgan fingerprint density at radius 1 is 0.906 bits per heavy atom. The van der Waals surface area contributed by atoms with Crippen LogP contribution in [0.15, 0.2) is 72.8 Å². The normalized spacial score (nSPS) is 17.3. The zero-order chi connectivity index (χ0) is 23.0. The van der Waals surface area contributed by atoms with Gasteiger partial charge in [0.15, 0.2) is 0 Å². The summed E-state index contributed by atoms with van der Waals surface area (Å²) < 4.78 is 0. The minimum absolute atomic E-state index is 0.212. The van der Waals surface area contributed by atoms with E-state index in [9.17, 15) is 19.8 Å². The van der Waals surface area contributed by atoms with Crippen molar-refractivity contribution in [3.8, 4) is 22.3 Å². The summed E-state index contributed by atoms with van der Waals surface area (Å²) in [7, 11) is 1.73. The van der Waals surface area contributed by atoms with E-state index in [0.29, 0.717) is 0 Å². The van der Waals surface area contributed by atoms with E-state index in [2.05, 4.69) is 6.07 Å². The lowest BCUT2D eigenvalue weighted by atomic mass is 9.80. The molecule has 2 N–H and O–H groups in total. The molecule has 1 aliphatic carbocycles. The summed E-state index contributed by atoms with van der Waals surface area (Å²) in [6.07, 6.45) is 0.212. The van der Waals surface area contributed by atoms with Gasteiger partial charge in [-0.25, -0.2) is 0 Å². The van der Waals surface area contributed by atoms with Gasteiger partial charge >= 0.3 is 11.9 Å². The van der Waals surface area contributed by atoms with Gasteiger partial charge in [0.25, 0.3) is 0 Å². The molecule has 1 aliphatic rings. The van der Waals surface area contributed by atoms with Gasteiger partial charge in [0.1, 0.15) is 5.54 Å². The molecule has 3 atom stereocenters. The molecule has 0 spiro atoms. The minimum Gasteiger partial charge on any atom is -0.481 e. The van der Waals surface area contributed by atoms with Gasteiger partial charge in [-0.3, -0.25) is 14.5 Å². The number of nitrogens with zero attached hydrogens (tertiary/aromatic N) is 1. The van der Waals surface area contributed by atoms with Crippen molar-refractivity contribution in [1.29, 1.82) is 0 Å². The molecule has 0 aliphatic heterocycles. The number of carboxylic acids is 2. The highest BCUT2D eigenvalue weighted by Gasteiger charge is 2.52. The maximum absolute atomic E-state index is 12.6. The van der Waals surface area contributed by atoms with Crippen molar-refractivity contribution in [3.63, 3.8) is 0 Å². The molecule has 0 radical (unpaired) electrons. The fraction of sp³-hybridized carbons (Fsp3) is 0.259. The number of carboxylic acid groups (broad SMARTS) is 2. The summed E-state index contributed by atoms with van der Waals surface area (Å²) in [5, 5.41) is 20.2. The third kappa shape index (κ3) is 3.21. The molecule has 0 amide bonds. The molecule has 32 heavy (non-hydrogen) atoms. The van der Waals surface area contributed by atoms with Gasteiger partial charge in [-0.15, -0.1) is 0 Å². The molecule has 5 nitrogen and oxygen atoms in total. The minimum atomic E-state index is -1.61. The van der Waals surface area contributed by atoms with Gasteiger partial charge in [0, 0.05) is 0 Å². The third-order valence-corrected chi connectivity index (χ3v) is 6.95. The first-order valence-corrected chi connectivity index (χ1v) is 10.8. The average Bonchev–Trinajstić information content (AvgIpc) is 3.13. The Kier molecular flexibility index (Phi) is 5.61. The van der Waals surface area contributed by atoms with Crippen LogP contribution in [0.2, 0.25) is 0 Å². The predicted octanol–water partition coefficient (Wildman–Crippen LogP) is 5.31. The highest BCUT2D eigenvalue weighted by molar-refractivity contribution is 5.89. The second kappa shape index (κ2) is 8.24. The molecule has 0 heterocycles. The van der Waals surface area contributed by atoms with E-state index in [1.165, 1.54) is 6.92 Å². The smallest absolute Gasteiger partial charge is 0.324 e. The molecule has 3 aromatic rings. The van der Waals surface area contributed by atoms with E-state index < -0.39 is 29.4 Å². The molecule has 1 unspecified atom stereocenters. The van der Waals surface area contributed by atoms with Crippen LogP contribution in [0.3, 0.4) is 0 Å². The molecular weight excluding hydrogens is 402 g/mol. The number of carbonyl (C=O) groups is 2. The van der Waals surface area contributed by atoms with Crippen LogP contribution in [0.25, 0.3) is 22.3 Å². The molecule has 0 fully saturated rings. The van der Waals surface area contributed by atoms with Crippen molar-refractivity contribution in [1.82, 2.24) is 4.90 Å². The highest BCUT2D eigenvalue weighted by Crippen LogP contribution is 2.52. The fourth-order valence-corrected chi connectivity index (χ4v) is 5.13. The first-order chi connectivity index (χ1) is 15.3. The molecule has 3 aromatic carbocycles. The maximum atomic E-state index is 12.6. The molecular formula is C27H27NO4. The van der Waals surface area contributed by atoms with Crippen LogP contribution in [0.1, 0.15) is 37.4 Å². The zero-order valence-electron chi connectivity index (χ0n) is 18.4. The zero-order valence-corrected chi connectivity index (χ0v) is 18.4.